The second kappa shape index (κ2) is 8.11. The van der Waals surface area contributed by atoms with Crippen LogP contribution in [0.25, 0.3) is 0 Å². The Balaban J connectivity index is 1.39. The first-order valence-corrected chi connectivity index (χ1v) is 10.1. The maximum Gasteiger partial charge on any atom is 0.254 e. The minimum Gasteiger partial charge on any atom is -0.486 e. The molecule has 138 valence electrons. The minimum atomic E-state index is 0.0741. The molecule has 6 heteroatoms. The average molecular weight is 399 g/mol. The van der Waals surface area contributed by atoms with Crippen LogP contribution in [0.1, 0.15) is 33.9 Å². The number of hydrogen-bond acceptors (Lipinski definition) is 4. The molecule has 1 heterocycles. The van der Waals surface area contributed by atoms with E-state index in [2.05, 4.69) is 4.98 Å². The number of nitrogens with zero attached hydrogens (tertiary/aromatic N) is 2. The van der Waals surface area contributed by atoms with Crippen LogP contribution < -0.4 is 4.74 Å². The summed E-state index contributed by atoms with van der Waals surface area (Å²) in [4.78, 5) is 19.4. The third-order valence-electron chi connectivity index (χ3n) is 4.38. The van der Waals surface area contributed by atoms with Crippen molar-refractivity contribution in [1.82, 2.24) is 9.88 Å². The highest BCUT2D eigenvalue weighted by atomic mass is 35.5. The molecule has 1 aliphatic rings. The van der Waals surface area contributed by atoms with Gasteiger partial charge >= 0.3 is 0 Å². The molecule has 4 nitrogen and oxygen atoms in total. The zero-order chi connectivity index (χ0) is 18.6. The van der Waals surface area contributed by atoms with Crippen molar-refractivity contribution in [3.63, 3.8) is 0 Å². The zero-order valence-corrected chi connectivity index (χ0v) is 16.2. The minimum absolute atomic E-state index is 0.0741. The summed E-state index contributed by atoms with van der Waals surface area (Å²) in [5.41, 5.74) is 1.64. The standard InChI is InChI=1S/C21H19ClN2O2S/c22-16-6-10-19(11-7-16)26-13-20-23-17(14-27-20)12-24(18-8-9-18)21(25)15-4-2-1-3-5-15/h1-7,10-11,14,18H,8-9,12-13H2. The van der Waals surface area contributed by atoms with Crippen molar-refractivity contribution in [2.24, 2.45) is 0 Å². The van der Waals surface area contributed by atoms with Gasteiger partial charge in [0.1, 0.15) is 17.4 Å². The van der Waals surface area contributed by atoms with Crippen LogP contribution in [0, 0.1) is 0 Å². The molecule has 0 aliphatic heterocycles. The molecular weight excluding hydrogens is 380 g/mol. The third-order valence-corrected chi connectivity index (χ3v) is 5.50. The molecule has 0 atom stereocenters. The number of carbonyl (C=O) groups is 1. The Bertz CT molecular complexity index is 907. The van der Waals surface area contributed by atoms with Gasteiger partial charge < -0.3 is 9.64 Å². The van der Waals surface area contributed by atoms with Crippen molar-refractivity contribution in [2.45, 2.75) is 32.0 Å². The van der Waals surface area contributed by atoms with Gasteiger partial charge in [-0.1, -0.05) is 29.8 Å². The Kier molecular flexibility index (Phi) is 5.41. The molecule has 0 bridgehead atoms. The zero-order valence-electron chi connectivity index (χ0n) is 14.7. The van der Waals surface area contributed by atoms with Crippen molar-refractivity contribution in [3.8, 4) is 5.75 Å². The van der Waals surface area contributed by atoms with Gasteiger partial charge in [-0.05, 0) is 49.2 Å². The predicted molar refractivity (Wildman–Crippen MR) is 107 cm³/mol. The fourth-order valence-corrected chi connectivity index (χ4v) is 3.66. The Morgan fingerprint density at radius 3 is 2.59 bits per heavy atom. The quantitative estimate of drug-likeness (QED) is 0.550. The van der Waals surface area contributed by atoms with Crippen LogP contribution in [0.4, 0.5) is 0 Å². The topological polar surface area (TPSA) is 42.4 Å². The smallest absolute Gasteiger partial charge is 0.254 e. The predicted octanol–water partition coefficient (Wildman–Crippen LogP) is 5.18. The van der Waals surface area contributed by atoms with Gasteiger partial charge in [0.25, 0.3) is 5.91 Å². The van der Waals surface area contributed by atoms with Gasteiger partial charge in [0.05, 0.1) is 12.2 Å². The molecule has 3 aromatic rings. The number of aromatic nitrogens is 1. The highest BCUT2D eigenvalue weighted by Crippen LogP contribution is 2.30. The average Bonchev–Trinajstić information content (AvgIpc) is 3.45. The first kappa shape index (κ1) is 18.0. The monoisotopic (exact) mass is 398 g/mol. The number of rotatable bonds is 7. The van der Waals surface area contributed by atoms with Crippen molar-refractivity contribution >= 4 is 28.8 Å². The highest BCUT2D eigenvalue weighted by molar-refractivity contribution is 7.09. The van der Waals surface area contributed by atoms with Crippen molar-refractivity contribution in [3.05, 3.63) is 81.3 Å². The summed E-state index contributed by atoms with van der Waals surface area (Å²) in [6.07, 6.45) is 2.13. The van der Waals surface area contributed by atoms with Gasteiger partial charge in [-0.25, -0.2) is 4.98 Å². The highest BCUT2D eigenvalue weighted by Gasteiger charge is 2.33. The second-order valence-corrected chi connectivity index (χ2v) is 7.88. The van der Waals surface area contributed by atoms with E-state index in [0.717, 1.165) is 34.9 Å². The number of hydrogen-bond donors (Lipinski definition) is 0. The van der Waals surface area contributed by atoms with Crippen LogP contribution in [0.3, 0.4) is 0 Å². The number of thiazole rings is 1. The molecule has 0 saturated heterocycles. The molecule has 27 heavy (non-hydrogen) atoms. The summed E-state index contributed by atoms with van der Waals surface area (Å²) in [7, 11) is 0. The molecule has 0 spiro atoms. The molecule has 4 rings (SSSR count). The molecule has 2 aromatic carbocycles. The van der Waals surface area contributed by atoms with Crippen LogP contribution in [0.15, 0.2) is 60.0 Å². The van der Waals surface area contributed by atoms with Crippen molar-refractivity contribution in [1.29, 1.82) is 0 Å². The van der Waals surface area contributed by atoms with Gasteiger partial charge in [-0.3, -0.25) is 4.79 Å². The first-order valence-electron chi connectivity index (χ1n) is 8.87. The largest absolute Gasteiger partial charge is 0.486 e. The summed E-state index contributed by atoms with van der Waals surface area (Å²) in [6, 6.07) is 17.0. The lowest BCUT2D eigenvalue weighted by Gasteiger charge is -2.21. The number of halogens is 1. The number of carbonyl (C=O) groups excluding carboxylic acids is 1. The Morgan fingerprint density at radius 1 is 1.15 bits per heavy atom. The lowest BCUT2D eigenvalue weighted by atomic mass is 10.2. The van der Waals surface area contributed by atoms with E-state index in [4.69, 9.17) is 16.3 Å². The maximum absolute atomic E-state index is 12.8. The van der Waals surface area contributed by atoms with E-state index in [-0.39, 0.29) is 5.91 Å². The van der Waals surface area contributed by atoms with E-state index in [0.29, 0.717) is 24.2 Å². The molecule has 0 radical (unpaired) electrons. The Labute approximate surface area is 167 Å². The lowest BCUT2D eigenvalue weighted by Crippen LogP contribution is -2.32. The first-order chi connectivity index (χ1) is 13.2. The van der Waals surface area contributed by atoms with Crippen molar-refractivity contribution < 1.29 is 9.53 Å². The molecular formula is C21H19ClN2O2S. The second-order valence-electron chi connectivity index (χ2n) is 6.51. The van der Waals surface area contributed by atoms with E-state index in [1.54, 1.807) is 23.5 Å². The van der Waals surface area contributed by atoms with E-state index >= 15 is 0 Å². The fourth-order valence-electron chi connectivity index (χ4n) is 2.84. The lowest BCUT2D eigenvalue weighted by molar-refractivity contribution is 0.0728. The van der Waals surface area contributed by atoms with E-state index in [1.165, 1.54) is 0 Å². The van der Waals surface area contributed by atoms with Crippen LogP contribution in [-0.4, -0.2) is 21.8 Å². The van der Waals surface area contributed by atoms with Crippen LogP contribution >= 0.6 is 22.9 Å². The summed E-state index contributed by atoms with van der Waals surface area (Å²) in [5, 5.41) is 3.58. The van der Waals surface area contributed by atoms with Gasteiger partial charge in [-0.15, -0.1) is 11.3 Å². The van der Waals surface area contributed by atoms with Gasteiger partial charge in [0.15, 0.2) is 0 Å². The number of amides is 1. The molecule has 0 N–H and O–H groups in total. The molecule has 0 unspecified atom stereocenters. The van der Waals surface area contributed by atoms with Crippen molar-refractivity contribution in [2.75, 3.05) is 0 Å². The van der Waals surface area contributed by atoms with Gasteiger partial charge in [-0.2, -0.15) is 0 Å². The van der Waals surface area contributed by atoms with Gasteiger partial charge in [0, 0.05) is 22.0 Å². The van der Waals surface area contributed by atoms with Gasteiger partial charge in [0.2, 0.25) is 0 Å². The Morgan fingerprint density at radius 2 is 1.89 bits per heavy atom. The third kappa shape index (κ3) is 4.67. The molecule has 1 aliphatic carbocycles. The summed E-state index contributed by atoms with van der Waals surface area (Å²) in [5.74, 6) is 0.833. The van der Waals surface area contributed by atoms with E-state index < -0.39 is 0 Å². The maximum atomic E-state index is 12.8. The Hall–Kier alpha value is -2.37. The number of benzene rings is 2. The number of ether oxygens (including phenoxy) is 1. The van der Waals surface area contributed by atoms with E-state index in [1.807, 2.05) is 52.7 Å². The summed E-state index contributed by atoms with van der Waals surface area (Å²) < 4.78 is 5.75. The van der Waals surface area contributed by atoms with Crippen LogP contribution in [0.5, 0.6) is 5.75 Å². The summed E-state index contributed by atoms with van der Waals surface area (Å²) >= 11 is 7.44. The molecule has 1 aromatic heterocycles. The molecule has 1 amide bonds. The fraction of sp³-hybridized carbons (Fsp3) is 0.238. The van der Waals surface area contributed by atoms with Crippen LogP contribution in [-0.2, 0) is 13.2 Å². The van der Waals surface area contributed by atoms with Crippen LogP contribution in [0.2, 0.25) is 5.02 Å². The van der Waals surface area contributed by atoms with E-state index in [9.17, 15) is 4.79 Å². The molecule has 1 fully saturated rings. The summed E-state index contributed by atoms with van der Waals surface area (Å²) in [6.45, 7) is 0.943. The molecule has 1 saturated carbocycles. The normalized spacial score (nSPS) is 13.4. The SMILES string of the molecule is O=C(c1ccccc1)N(Cc1csc(COc2ccc(Cl)cc2)n1)C1CC1.